The summed E-state index contributed by atoms with van der Waals surface area (Å²) < 4.78 is 35.3. The molecule has 0 spiro atoms. The van der Waals surface area contributed by atoms with Gasteiger partial charge in [0.25, 0.3) is 0 Å². The molecule has 0 unspecified atom stereocenters. The van der Waals surface area contributed by atoms with Crippen LogP contribution in [0.2, 0.25) is 0 Å². The van der Waals surface area contributed by atoms with Gasteiger partial charge in [-0.3, -0.25) is 0 Å². The highest BCUT2D eigenvalue weighted by molar-refractivity contribution is 4.94. The number of rotatable bonds is 8. The van der Waals surface area contributed by atoms with Crippen LogP contribution in [0.5, 0.6) is 0 Å². The molecule has 0 saturated heterocycles. The molecule has 0 heterocycles. The fourth-order valence-electron chi connectivity index (χ4n) is 1.98. The second kappa shape index (κ2) is 5.87. The summed E-state index contributed by atoms with van der Waals surface area (Å²) in [4.78, 5) is 0. The molecular weight excluding hydrogens is 217 g/mol. The van der Waals surface area contributed by atoms with Crippen LogP contribution in [0, 0.1) is 5.41 Å². The molecular formula is C11H21F3N2. The van der Waals surface area contributed by atoms with E-state index in [0.717, 1.165) is 6.54 Å². The van der Waals surface area contributed by atoms with Crippen molar-refractivity contribution in [3.8, 4) is 0 Å². The molecule has 1 fully saturated rings. The Hall–Kier alpha value is -0.290. The average Bonchev–Trinajstić information content (AvgIpc) is 2.91. The van der Waals surface area contributed by atoms with Crippen LogP contribution >= 0.6 is 0 Å². The van der Waals surface area contributed by atoms with Gasteiger partial charge < -0.3 is 10.6 Å². The number of nitrogens with one attached hydrogen (secondary N) is 2. The summed E-state index contributed by atoms with van der Waals surface area (Å²) in [6.45, 7) is 3.22. The minimum Gasteiger partial charge on any atom is -0.315 e. The third kappa shape index (κ3) is 5.70. The minimum atomic E-state index is -4.10. The molecule has 0 bridgehead atoms. The molecule has 0 radical (unpaired) electrons. The van der Waals surface area contributed by atoms with Gasteiger partial charge in [0.05, 0.1) is 6.54 Å². The first kappa shape index (κ1) is 13.8. The van der Waals surface area contributed by atoms with Gasteiger partial charge in [-0.25, -0.2) is 0 Å². The van der Waals surface area contributed by atoms with Gasteiger partial charge in [0.1, 0.15) is 0 Å². The van der Waals surface area contributed by atoms with Gasteiger partial charge in [0, 0.05) is 19.6 Å². The maximum absolute atomic E-state index is 11.8. The average molecular weight is 238 g/mol. The predicted octanol–water partition coefficient (Wildman–Crippen LogP) is 2.31. The van der Waals surface area contributed by atoms with Crippen molar-refractivity contribution in [1.82, 2.24) is 10.6 Å². The van der Waals surface area contributed by atoms with Crippen LogP contribution in [-0.2, 0) is 0 Å². The first-order valence-corrected chi connectivity index (χ1v) is 5.96. The van der Waals surface area contributed by atoms with E-state index in [2.05, 4.69) is 17.6 Å². The molecule has 0 aliphatic heterocycles. The van der Waals surface area contributed by atoms with E-state index in [1.807, 2.05) is 0 Å². The Labute approximate surface area is 95.0 Å². The fourth-order valence-corrected chi connectivity index (χ4v) is 1.98. The van der Waals surface area contributed by atoms with E-state index in [0.29, 0.717) is 18.5 Å². The van der Waals surface area contributed by atoms with Crippen LogP contribution in [0.25, 0.3) is 0 Å². The van der Waals surface area contributed by atoms with Gasteiger partial charge in [0.2, 0.25) is 0 Å². The first-order valence-electron chi connectivity index (χ1n) is 5.96. The molecule has 1 aliphatic rings. The molecule has 2 N–H and O–H groups in total. The van der Waals surface area contributed by atoms with Crippen LogP contribution in [-0.4, -0.2) is 32.4 Å². The quantitative estimate of drug-likeness (QED) is 0.634. The standard InChI is InChI=1S/C11H21F3N2/c1-2-3-10(4-5-10)8-15-6-7-16-9-11(12,13)14/h15-16H,2-9H2,1H3. The zero-order valence-electron chi connectivity index (χ0n) is 9.79. The first-order chi connectivity index (χ1) is 7.47. The Kier molecular flexibility index (Phi) is 5.05. The van der Waals surface area contributed by atoms with E-state index in [-0.39, 0.29) is 0 Å². The highest BCUT2D eigenvalue weighted by Crippen LogP contribution is 2.48. The summed E-state index contributed by atoms with van der Waals surface area (Å²) in [6, 6.07) is 0. The van der Waals surface area contributed by atoms with E-state index in [1.165, 1.54) is 25.7 Å². The Morgan fingerprint density at radius 2 is 1.75 bits per heavy atom. The van der Waals surface area contributed by atoms with Crippen molar-refractivity contribution in [2.45, 2.75) is 38.8 Å². The third-order valence-corrected chi connectivity index (χ3v) is 3.04. The zero-order valence-corrected chi connectivity index (χ0v) is 9.79. The van der Waals surface area contributed by atoms with Crippen molar-refractivity contribution in [3.05, 3.63) is 0 Å². The van der Waals surface area contributed by atoms with E-state index in [9.17, 15) is 13.2 Å². The van der Waals surface area contributed by atoms with Crippen LogP contribution in [0.1, 0.15) is 32.6 Å². The number of halogens is 3. The van der Waals surface area contributed by atoms with E-state index in [4.69, 9.17) is 0 Å². The van der Waals surface area contributed by atoms with Crippen molar-refractivity contribution in [1.29, 1.82) is 0 Å². The van der Waals surface area contributed by atoms with Crippen molar-refractivity contribution in [2.24, 2.45) is 5.41 Å². The van der Waals surface area contributed by atoms with Crippen molar-refractivity contribution in [2.75, 3.05) is 26.2 Å². The lowest BCUT2D eigenvalue weighted by Crippen LogP contribution is -2.35. The van der Waals surface area contributed by atoms with Crippen LogP contribution < -0.4 is 10.6 Å². The van der Waals surface area contributed by atoms with Gasteiger partial charge in [0.15, 0.2) is 0 Å². The second-order valence-corrected chi connectivity index (χ2v) is 4.72. The lowest BCUT2D eigenvalue weighted by Gasteiger charge is -2.15. The zero-order chi connectivity index (χ0) is 12.1. The Morgan fingerprint density at radius 1 is 1.12 bits per heavy atom. The molecule has 5 heteroatoms. The second-order valence-electron chi connectivity index (χ2n) is 4.72. The largest absolute Gasteiger partial charge is 0.401 e. The molecule has 16 heavy (non-hydrogen) atoms. The number of hydrogen-bond donors (Lipinski definition) is 2. The highest BCUT2D eigenvalue weighted by atomic mass is 19.4. The summed E-state index contributed by atoms with van der Waals surface area (Å²) in [5.41, 5.74) is 0.471. The molecule has 0 atom stereocenters. The van der Waals surface area contributed by atoms with E-state index < -0.39 is 12.7 Å². The van der Waals surface area contributed by atoms with E-state index in [1.54, 1.807) is 0 Å². The maximum atomic E-state index is 11.8. The SMILES string of the molecule is CCCC1(CNCCNCC(F)(F)F)CC1. The van der Waals surface area contributed by atoms with Crippen molar-refractivity contribution >= 4 is 0 Å². The molecule has 1 saturated carbocycles. The van der Waals surface area contributed by atoms with Gasteiger partial charge >= 0.3 is 6.18 Å². The van der Waals surface area contributed by atoms with Gasteiger partial charge in [-0.1, -0.05) is 13.3 Å². The van der Waals surface area contributed by atoms with Gasteiger partial charge in [-0.05, 0) is 24.7 Å². The molecule has 1 aliphatic carbocycles. The fraction of sp³-hybridized carbons (Fsp3) is 1.00. The Balaban J connectivity index is 1.92. The van der Waals surface area contributed by atoms with Crippen molar-refractivity contribution in [3.63, 3.8) is 0 Å². The summed E-state index contributed by atoms with van der Waals surface area (Å²) in [5.74, 6) is 0. The van der Waals surface area contributed by atoms with Gasteiger partial charge in [-0.2, -0.15) is 13.2 Å². The van der Waals surface area contributed by atoms with Crippen LogP contribution in [0.15, 0.2) is 0 Å². The maximum Gasteiger partial charge on any atom is 0.401 e. The molecule has 2 nitrogen and oxygen atoms in total. The smallest absolute Gasteiger partial charge is 0.315 e. The summed E-state index contributed by atoms with van der Waals surface area (Å²) >= 11 is 0. The molecule has 0 aromatic carbocycles. The Bertz CT molecular complexity index is 200. The van der Waals surface area contributed by atoms with Gasteiger partial charge in [-0.15, -0.1) is 0 Å². The predicted molar refractivity (Wildman–Crippen MR) is 58.4 cm³/mol. The minimum absolute atomic E-state index is 0.377. The Morgan fingerprint density at radius 3 is 2.25 bits per heavy atom. The van der Waals surface area contributed by atoms with Crippen LogP contribution in [0.4, 0.5) is 13.2 Å². The highest BCUT2D eigenvalue weighted by Gasteiger charge is 2.40. The summed E-state index contributed by atoms with van der Waals surface area (Å²) in [6.07, 6.45) is 0.859. The topological polar surface area (TPSA) is 24.1 Å². The molecule has 96 valence electrons. The lowest BCUT2D eigenvalue weighted by atomic mass is 10.0. The molecule has 0 aromatic heterocycles. The van der Waals surface area contributed by atoms with Crippen molar-refractivity contribution < 1.29 is 13.2 Å². The summed E-state index contributed by atoms with van der Waals surface area (Å²) in [5, 5.41) is 5.61. The van der Waals surface area contributed by atoms with Crippen LogP contribution in [0.3, 0.4) is 0 Å². The summed E-state index contributed by atoms with van der Waals surface area (Å²) in [7, 11) is 0. The monoisotopic (exact) mass is 238 g/mol. The lowest BCUT2D eigenvalue weighted by molar-refractivity contribution is -0.124. The number of alkyl halides is 3. The number of hydrogen-bond acceptors (Lipinski definition) is 2. The normalized spacial score (nSPS) is 18.8. The third-order valence-electron chi connectivity index (χ3n) is 3.04. The molecule has 0 aromatic rings. The molecule has 0 amide bonds. The van der Waals surface area contributed by atoms with E-state index >= 15 is 0 Å². The molecule has 1 rings (SSSR count).